The van der Waals surface area contributed by atoms with Crippen LogP contribution in [0.1, 0.15) is 18.7 Å². The molecule has 20 heavy (non-hydrogen) atoms. The number of Topliss-reactive ketones (excluding diaryl/α,β-unsaturated/α-hetero) is 1. The van der Waals surface area contributed by atoms with Gasteiger partial charge in [0.2, 0.25) is 0 Å². The van der Waals surface area contributed by atoms with Gasteiger partial charge in [0.1, 0.15) is 17.4 Å². The van der Waals surface area contributed by atoms with Crippen molar-refractivity contribution in [1.29, 1.82) is 0 Å². The molecule has 0 saturated carbocycles. The maximum atomic E-state index is 12.0. The Labute approximate surface area is 125 Å². The van der Waals surface area contributed by atoms with E-state index in [9.17, 15) is 4.79 Å². The molecule has 1 aliphatic heterocycles. The van der Waals surface area contributed by atoms with Crippen molar-refractivity contribution in [3.05, 3.63) is 27.9 Å². The van der Waals surface area contributed by atoms with Crippen LogP contribution in [0.25, 0.3) is 10.6 Å². The summed E-state index contributed by atoms with van der Waals surface area (Å²) < 4.78 is 6.01. The molecule has 2 aromatic rings. The number of hydrogen-bond acceptors (Lipinski definition) is 6. The van der Waals surface area contributed by atoms with Gasteiger partial charge in [-0.1, -0.05) is 6.07 Å². The highest BCUT2D eigenvalue weighted by molar-refractivity contribution is 7.14. The van der Waals surface area contributed by atoms with E-state index < -0.39 is 5.60 Å². The molecule has 0 radical (unpaired) electrons. The Bertz CT molecular complexity index is 608. The van der Waals surface area contributed by atoms with Crippen LogP contribution in [0.15, 0.2) is 23.0 Å². The second-order valence-corrected chi connectivity index (χ2v) is 6.76. The average molecular weight is 308 g/mol. The summed E-state index contributed by atoms with van der Waals surface area (Å²) >= 11 is 3.20. The molecule has 3 heterocycles. The van der Waals surface area contributed by atoms with Gasteiger partial charge in [-0.25, -0.2) is 4.98 Å². The third-order valence-electron chi connectivity index (χ3n) is 3.58. The Morgan fingerprint density at radius 3 is 3.10 bits per heavy atom. The van der Waals surface area contributed by atoms with Crippen LogP contribution >= 0.6 is 22.7 Å². The van der Waals surface area contributed by atoms with Crippen molar-refractivity contribution in [2.45, 2.75) is 25.5 Å². The number of morpholine rings is 1. The minimum atomic E-state index is -0.648. The number of hydrogen-bond donors (Lipinski definition) is 1. The quantitative estimate of drug-likeness (QED) is 0.947. The molecule has 2 aromatic heterocycles. The molecule has 3 rings (SSSR count). The van der Waals surface area contributed by atoms with Crippen LogP contribution in [0.5, 0.6) is 0 Å². The predicted octanol–water partition coefficient (Wildman–Crippen LogP) is 2.66. The molecule has 1 aliphatic rings. The molecular weight excluding hydrogens is 292 g/mol. The van der Waals surface area contributed by atoms with Crippen LogP contribution in [0.4, 0.5) is 0 Å². The lowest BCUT2D eigenvalue weighted by molar-refractivity contribution is -0.136. The number of carbonyl (C=O) groups excluding carboxylic acids is 1. The number of ketones is 1. The molecule has 1 N–H and O–H groups in total. The highest BCUT2D eigenvalue weighted by Gasteiger charge is 2.45. The van der Waals surface area contributed by atoms with Crippen LogP contribution < -0.4 is 5.32 Å². The monoisotopic (exact) mass is 308 g/mol. The molecule has 0 bridgehead atoms. The lowest BCUT2D eigenvalue weighted by atomic mass is 9.89. The first-order valence-corrected chi connectivity index (χ1v) is 8.24. The number of thiazole rings is 1. The van der Waals surface area contributed by atoms with E-state index in [1.807, 2.05) is 29.9 Å². The van der Waals surface area contributed by atoms with E-state index in [2.05, 4.69) is 10.3 Å². The molecule has 2 atom stereocenters. The summed E-state index contributed by atoms with van der Waals surface area (Å²) in [5, 5.41) is 5.31. The van der Waals surface area contributed by atoms with Gasteiger partial charge in [0.15, 0.2) is 0 Å². The van der Waals surface area contributed by atoms with Crippen molar-refractivity contribution in [2.75, 3.05) is 13.2 Å². The molecule has 0 amide bonds. The first kappa shape index (κ1) is 13.9. The number of rotatable bonds is 3. The number of aromatic nitrogens is 1. The first-order valence-electron chi connectivity index (χ1n) is 6.48. The van der Waals surface area contributed by atoms with Crippen LogP contribution in [0, 0.1) is 0 Å². The van der Waals surface area contributed by atoms with Crippen LogP contribution in [-0.4, -0.2) is 30.0 Å². The predicted molar refractivity (Wildman–Crippen MR) is 81.2 cm³/mol. The van der Waals surface area contributed by atoms with Crippen molar-refractivity contribution in [2.24, 2.45) is 0 Å². The summed E-state index contributed by atoms with van der Waals surface area (Å²) in [5.74, 6) is 0.0951. The Balaban J connectivity index is 2.07. The third kappa shape index (κ3) is 2.22. The average Bonchev–Trinajstić information content (AvgIpc) is 3.09. The Morgan fingerprint density at radius 1 is 1.55 bits per heavy atom. The fourth-order valence-electron chi connectivity index (χ4n) is 2.66. The number of nitrogens with zero attached hydrogens (tertiary/aromatic N) is 1. The number of ether oxygens (including phenoxy) is 1. The molecule has 0 aromatic carbocycles. The molecule has 2 unspecified atom stereocenters. The third-order valence-corrected chi connectivity index (χ3v) is 5.50. The van der Waals surface area contributed by atoms with Gasteiger partial charge in [-0.2, -0.15) is 0 Å². The zero-order valence-electron chi connectivity index (χ0n) is 11.4. The van der Waals surface area contributed by atoms with Crippen molar-refractivity contribution >= 4 is 28.5 Å². The summed E-state index contributed by atoms with van der Waals surface area (Å²) in [6.45, 7) is 4.89. The van der Waals surface area contributed by atoms with E-state index in [0.29, 0.717) is 13.2 Å². The minimum Gasteiger partial charge on any atom is -0.366 e. The van der Waals surface area contributed by atoms with E-state index in [1.165, 1.54) is 0 Å². The molecule has 1 fully saturated rings. The number of thiophene rings is 1. The minimum absolute atomic E-state index is 0.0951. The van der Waals surface area contributed by atoms with Crippen molar-refractivity contribution in [3.8, 4) is 10.6 Å². The molecule has 4 nitrogen and oxygen atoms in total. The van der Waals surface area contributed by atoms with E-state index in [1.54, 1.807) is 29.6 Å². The van der Waals surface area contributed by atoms with E-state index in [-0.39, 0.29) is 11.8 Å². The molecule has 106 valence electrons. The molecule has 0 aliphatic carbocycles. The highest BCUT2D eigenvalue weighted by atomic mass is 32.1. The van der Waals surface area contributed by atoms with Gasteiger partial charge in [-0.15, -0.1) is 22.7 Å². The van der Waals surface area contributed by atoms with Gasteiger partial charge in [0.05, 0.1) is 27.6 Å². The standard InChI is InChI=1S/C14H16N2O2S2/c1-9(17)12-14(2,18-6-5-15-12)13-11(16-8-20-13)10-4-3-7-19-10/h3-4,7-8,12,15H,5-6H2,1-2H3. The lowest BCUT2D eigenvalue weighted by Gasteiger charge is -2.40. The van der Waals surface area contributed by atoms with Gasteiger partial charge >= 0.3 is 0 Å². The number of carbonyl (C=O) groups is 1. The molecule has 1 saturated heterocycles. The van der Waals surface area contributed by atoms with Gasteiger partial charge in [-0.3, -0.25) is 4.79 Å². The van der Waals surface area contributed by atoms with Crippen LogP contribution in [-0.2, 0) is 15.1 Å². The van der Waals surface area contributed by atoms with Crippen LogP contribution in [0.2, 0.25) is 0 Å². The maximum Gasteiger partial charge on any atom is 0.150 e. The van der Waals surface area contributed by atoms with Crippen LogP contribution in [0.3, 0.4) is 0 Å². The summed E-state index contributed by atoms with van der Waals surface area (Å²) in [5.41, 5.74) is 2.11. The molecule has 0 spiro atoms. The summed E-state index contributed by atoms with van der Waals surface area (Å²) in [6.07, 6.45) is 0. The highest BCUT2D eigenvalue weighted by Crippen LogP contribution is 2.41. The molecular formula is C14H16N2O2S2. The second-order valence-electron chi connectivity index (χ2n) is 4.96. The van der Waals surface area contributed by atoms with Gasteiger partial charge in [-0.05, 0) is 25.3 Å². The Kier molecular flexibility index (Phi) is 3.72. The topological polar surface area (TPSA) is 51.2 Å². The zero-order chi connectivity index (χ0) is 14.2. The second kappa shape index (κ2) is 5.37. The van der Waals surface area contributed by atoms with Gasteiger partial charge in [0.25, 0.3) is 0 Å². The van der Waals surface area contributed by atoms with Crippen molar-refractivity contribution < 1.29 is 9.53 Å². The zero-order valence-corrected chi connectivity index (χ0v) is 13.0. The lowest BCUT2D eigenvalue weighted by Crippen LogP contribution is -2.57. The largest absolute Gasteiger partial charge is 0.366 e. The molecule has 6 heteroatoms. The summed E-state index contributed by atoms with van der Waals surface area (Å²) in [6, 6.07) is 3.73. The maximum absolute atomic E-state index is 12.0. The van der Waals surface area contributed by atoms with Crippen molar-refractivity contribution in [3.63, 3.8) is 0 Å². The van der Waals surface area contributed by atoms with E-state index in [4.69, 9.17) is 4.74 Å². The fraction of sp³-hybridized carbons (Fsp3) is 0.429. The normalized spacial score (nSPS) is 26.6. The summed E-state index contributed by atoms with van der Waals surface area (Å²) in [7, 11) is 0. The first-order chi connectivity index (χ1) is 9.63. The van der Waals surface area contributed by atoms with E-state index in [0.717, 1.165) is 15.4 Å². The smallest absolute Gasteiger partial charge is 0.150 e. The summed E-state index contributed by atoms with van der Waals surface area (Å²) in [4.78, 5) is 18.6. The Hall–Kier alpha value is -1.08. The van der Waals surface area contributed by atoms with Gasteiger partial charge in [0, 0.05) is 6.54 Å². The number of nitrogens with one attached hydrogen (secondary N) is 1. The Morgan fingerprint density at radius 2 is 2.40 bits per heavy atom. The fourth-order valence-corrected chi connectivity index (χ4v) is 4.40. The van der Waals surface area contributed by atoms with Gasteiger partial charge < -0.3 is 10.1 Å². The SMILES string of the molecule is CC(=O)C1NCCOC1(C)c1scnc1-c1cccs1. The van der Waals surface area contributed by atoms with Crippen molar-refractivity contribution in [1.82, 2.24) is 10.3 Å². The van der Waals surface area contributed by atoms with E-state index >= 15 is 0 Å².